The highest BCUT2D eigenvalue weighted by molar-refractivity contribution is 6.30. The number of hydrogen-bond donors (Lipinski definition) is 2. The third-order valence-electron chi connectivity index (χ3n) is 3.76. The number of aryl methyl sites for hydroxylation is 3. The third kappa shape index (κ3) is 4.32. The lowest BCUT2D eigenvalue weighted by atomic mass is 10.1. The Morgan fingerprint density at radius 2 is 2.09 bits per heavy atom. The summed E-state index contributed by atoms with van der Waals surface area (Å²) in [6.07, 6.45) is -0.534. The fourth-order valence-electron chi connectivity index (χ4n) is 2.45. The second-order valence-corrected chi connectivity index (χ2v) is 6.15. The van der Waals surface area contributed by atoms with Crippen LogP contribution in [-0.4, -0.2) is 41.3 Å². The van der Waals surface area contributed by atoms with Gasteiger partial charge < -0.3 is 15.2 Å². The lowest BCUT2D eigenvalue weighted by Crippen LogP contribution is -2.29. The Hall–Kier alpha value is -1.40. The number of aliphatic hydroxyl groups excluding tert-OH is 1. The molecule has 0 aliphatic rings. The summed E-state index contributed by atoms with van der Waals surface area (Å²) >= 11 is 6.54. The molecule has 0 amide bonds. The maximum absolute atomic E-state index is 9.67. The van der Waals surface area contributed by atoms with Gasteiger partial charge in [-0.3, -0.25) is 0 Å². The molecule has 1 heterocycles. The number of ether oxygens (including phenoxy) is 1. The fraction of sp³-hybridized carbons (Fsp3) is 0.471. The zero-order valence-electron chi connectivity index (χ0n) is 14.1. The predicted molar refractivity (Wildman–Crippen MR) is 92.4 cm³/mol. The molecule has 1 atom stereocenters. The minimum atomic E-state index is -0.534. The summed E-state index contributed by atoms with van der Waals surface area (Å²) in [7, 11) is 1.57. The van der Waals surface area contributed by atoms with Crippen molar-refractivity contribution in [2.75, 3.05) is 20.3 Å². The van der Waals surface area contributed by atoms with Crippen molar-refractivity contribution in [1.82, 2.24) is 15.1 Å². The number of nitrogens with one attached hydrogen (secondary N) is 1. The number of halogens is 1. The number of benzene rings is 1. The first-order chi connectivity index (χ1) is 10.9. The molecule has 0 saturated carbocycles. The van der Waals surface area contributed by atoms with E-state index >= 15 is 0 Å². The average molecular weight is 338 g/mol. The highest BCUT2D eigenvalue weighted by Crippen LogP contribution is 2.25. The summed E-state index contributed by atoms with van der Waals surface area (Å²) in [6.45, 7) is 7.33. The van der Waals surface area contributed by atoms with Gasteiger partial charge in [-0.05, 0) is 38.0 Å². The summed E-state index contributed by atoms with van der Waals surface area (Å²) < 4.78 is 6.69. The van der Waals surface area contributed by atoms with Crippen LogP contribution in [0.4, 0.5) is 0 Å². The van der Waals surface area contributed by atoms with Gasteiger partial charge in [-0.2, -0.15) is 5.10 Å². The van der Waals surface area contributed by atoms with Crippen LogP contribution in [0.2, 0.25) is 5.15 Å². The zero-order chi connectivity index (χ0) is 17.0. The van der Waals surface area contributed by atoms with Crippen LogP contribution in [0.3, 0.4) is 0 Å². The van der Waals surface area contributed by atoms with Gasteiger partial charge in [0, 0.05) is 25.8 Å². The Morgan fingerprint density at radius 1 is 1.35 bits per heavy atom. The molecule has 0 radical (unpaired) electrons. The minimum absolute atomic E-state index is 0.307. The molecule has 2 N–H and O–H groups in total. The van der Waals surface area contributed by atoms with Crippen molar-refractivity contribution in [3.05, 3.63) is 45.7 Å². The van der Waals surface area contributed by atoms with E-state index in [1.807, 2.05) is 20.8 Å². The van der Waals surface area contributed by atoms with Crippen LogP contribution in [0, 0.1) is 20.8 Å². The molecule has 126 valence electrons. The van der Waals surface area contributed by atoms with Crippen LogP contribution >= 0.6 is 11.6 Å². The van der Waals surface area contributed by atoms with Gasteiger partial charge in [0.05, 0.1) is 24.1 Å². The van der Waals surface area contributed by atoms with Gasteiger partial charge in [0.1, 0.15) is 5.15 Å². The monoisotopic (exact) mass is 337 g/mol. The topological polar surface area (TPSA) is 59.3 Å². The molecule has 1 aromatic heterocycles. The third-order valence-corrected chi connectivity index (χ3v) is 4.14. The Balaban J connectivity index is 2.18. The van der Waals surface area contributed by atoms with E-state index in [0.29, 0.717) is 24.8 Å². The van der Waals surface area contributed by atoms with Crippen LogP contribution in [0.25, 0.3) is 5.69 Å². The van der Waals surface area contributed by atoms with Crippen molar-refractivity contribution < 1.29 is 9.84 Å². The molecule has 0 aliphatic heterocycles. The van der Waals surface area contributed by atoms with Crippen molar-refractivity contribution in [1.29, 1.82) is 0 Å². The molecular weight excluding hydrogens is 314 g/mol. The summed E-state index contributed by atoms with van der Waals surface area (Å²) in [5.41, 5.74) is 5.10. The second-order valence-electron chi connectivity index (χ2n) is 5.80. The minimum Gasteiger partial charge on any atom is -0.389 e. The first-order valence-corrected chi connectivity index (χ1v) is 8.01. The second kappa shape index (κ2) is 7.93. The molecule has 5 nitrogen and oxygen atoms in total. The number of aliphatic hydroxyl groups is 1. The highest BCUT2D eigenvalue weighted by Gasteiger charge is 2.16. The van der Waals surface area contributed by atoms with E-state index in [1.165, 1.54) is 0 Å². The molecule has 0 saturated heterocycles. The SMILES string of the molecule is COCC(O)CNCc1c(C)nn(-c2cc(C)ccc2C)c1Cl. The number of hydrogen-bond acceptors (Lipinski definition) is 4. The van der Waals surface area contributed by atoms with Gasteiger partial charge in [0.25, 0.3) is 0 Å². The Labute approximate surface area is 142 Å². The molecule has 0 fully saturated rings. The number of nitrogens with zero attached hydrogens (tertiary/aromatic N) is 2. The van der Waals surface area contributed by atoms with E-state index in [-0.39, 0.29) is 0 Å². The van der Waals surface area contributed by atoms with Gasteiger partial charge in [-0.1, -0.05) is 23.7 Å². The van der Waals surface area contributed by atoms with Gasteiger partial charge in [0.15, 0.2) is 0 Å². The first-order valence-electron chi connectivity index (χ1n) is 7.63. The zero-order valence-corrected chi connectivity index (χ0v) is 14.8. The quantitative estimate of drug-likeness (QED) is 0.815. The summed E-state index contributed by atoms with van der Waals surface area (Å²) in [5, 5.41) is 18.0. The Bertz CT molecular complexity index is 670. The van der Waals surface area contributed by atoms with E-state index in [2.05, 4.69) is 28.6 Å². The Morgan fingerprint density at radius 3 is 2.78 bits per heavy atom. The van der Waals surface area contributed by atoms with Crippen LogP contribution in [0.15, 0.2) is 18.2 Å². The highest BCUT2D eigenvalue weighted by atomic mass is 35.5. The Kier molecular flexibility index (Phi) is 6.18. The van der Waals surface area contributed by atoms with Gasteiger partial charge in [0.2, 0.25) is 0 Å². The molecule has 2 rings (SSSR count). The maximum Gasteiger partial charge on any atom is 0.137 e. The van der Waals surface area contributed by atoms with E-state index < -0.39 is 6.10 Å². The van der Waals surface area contributed by atoms with Crippen LogP contribution < -0.4 is 5.32 Å². The first kappa shape index (κ1) is 17.9. The number of aromatic nitrogens is 2. The van der Waals surface area contributed by atoms with E-state index in [0.717, 1.165) is 28.1 Å². The fourth-order valence-corrected chi connectivity index (χ4v) is 2.79. The van der Waals surface area contributed by atoms with Gasteiger partial charge >= 0.3 is 0 Å². The van der Waals surface area contributed by atoms with Gasteiger partial charge in [-0.25, -0.2) is 4.68 Å². The van der Waals surface area contributed by atoms with Crippen molar-refractivity contribution in [2.45, 2.75) is 33.4 Å². The molecule has 1 aromatic carbocycles. The van der Waals surface area contributed by atoms with Crippen molar-refractivity contribution >= 4 is 11.6 Å². The summed E-state index contributed by atoms with van der Waals surface area (Å²) in [5.74, 6) is 0. The van der Waals surface area contributed by atoms with E-state index in [9.17, 15) is 5.11 Å². The molecule has 0 spiro atoms. The predicted octanol–water partition coefficient (Wildman–Crippen LogP) is 2.55. The molecule has 1 unspecified atom stereocenters. The molecule has 6 heteroatoms. The summed E-state index contributed by atoms with van der Waals surface area (Å²) in [6, 6.07) is 6.22. The molecular formula is C17H24ClN3O2. The van der Waals surface area contributed by atoms with Crippen LogP contribution in [0.1, 0.15) is 22.4 Å². The van der Waals surface area contributed by atoms with Crippen molar-refractivity contribution in [2.24, 2.45) is 0 Å². The maximum atomic E-state index is 9.67. The summed E-state index contributed by atoms with van der Waals surface area (Å²) in [4.78, 5) is 0. The lowest BCUT2D eigenvalue weighted by molar-refractivity contribution is 0.0644. The molecule has 0 aliphatic carbocycles. The van der Waals surface area contributed by atoms with Crippen molar-refractivity contribution in [3.8, 4) is 5.69 Å². The van der Waals surface area contributed by atoms with Gasteiger partial charge in [-0.15, -0.1) is 0 Å². The number of methoxy groups -OCH3 is 1. The van der Waals surface area contributed by atoms with E-state index in [1.54, 1.807) is 11.8 Å². The average Bonchev–Trinajstić information content (AvgIpc) is 2.78. The van der Waals surface area contributed by atoms with E-state index in [4.69, 9.17) is 16.3 Å². The number of rotatable bonds is 7. The standard InChI is InChI=1S/C17H24ClN3O2/c1-11-5-6-12(2)16(7-11)21-17(18)15(13(3)20-21)9-19-8-14(22)10-23-4/h5-7,14,19,22H,8-10H2,1-4H3. The molecule has 23 heavy (non-hydrogen) atoms. The molecule has 0 bridgehead atoms. The normalized spacial score (nSPS) is 12.6. The van der Waals surface area contributed by atoms with Crippen LogP contribution in [0.5, 0.6) is 0 Å². The smallest absolute Gasteiger partial charge is 0.137 e. The van der Waals surface area contributed by atoms with Crippen LogP contribution in [-0.2, 0) is 11.3 Å². The lowest BCUT2D eigenvalue weighted by Gasteiger charge is -2.11. The molecule has 2 aromatic rings. The van der Waals surface area contributed by atoms with Crippen molar-refractivity contribution in [3.63, 3.8) is 0 Å². The largest absolute Gasteiger partial charge is 0.389 e.